The van der Waals surface area contributed by atoms with Crippen molar-refractivity contribution in [1.82, 2.24) is 24.8 Å². The fourth-order valence-electron chi connectivity index (χ4n) is 4.72. The van der Waals surface area contributed by atoms with E-state index in [1.807, 2.05) is 23.1 Å². The fraction of sp³-hybridized carbons (Fsp3) is 0.500. The summed E-state index contributed by atoms with van der Waals surface area (Å²) in [6, 6.07) is 3.40. The number of alkyl carbamates (subject to hydrolysis) is 1. The van der Waals surface area contributed by atoms with Crippen LogP contribution >= 0.6 is 11.3 Å². The van der Waals surface area contributed by atoms with Crippen molar-refractivity contribution >= 4 is 56.4 Å². The molecule has 4 rings (SSSR count). The van der Waals surface area contributed by atoms with Gasteiger partial charge >= 0.3 is 16.4 Å². The smallest absolute Gasteiger partial charge is 0.407 e. The Morgan fingerprint density at radius 2 is 1.94 bits per heavy atom. The van der Waals surface area contributed by atoms with Crippen LogP contribution < -0.4 is 26.8 Å². The molecule has 2 aromatic rings. The molecule has 1 aromatic carbocycles. The third-order valence-electron chi connectivity index (χ3n) is 6.95. The summed E-state index contributed by atoms with van der Waals surface area (Å²) >= 11 is 1.06. The normalized spacial score (nSPS) is 18.2. The standard InChI is InChI=1S/C28H39N9O9S2/c1-16-21(24(39)37(16)48(41,42)43)34-23(38)22(20-15-47-26(30)33-20)35-45-11-10-44-19-7-6-17-13-36(14-18(17)12-19)25(29)31-8-5-9-32-27(40)46-28(2,3)4/h6-7,12,15-16,21H,5,8-11,13-14H2,1-4H3,(H2,29,31)(H2,30,33)(H,32,40)(H,34,38)(H,41,42,43)/b35-22-/t16-,21?/m0/s1. The highest BCUT2D eigenvalue weighted by Gasteiger charge is 2.51. The summed E-state index contributed by atoms with van der Waals surface area (Å²) < 4.78 is 43.2. The Morgan fingerprint density at radius 3 is 2.58 bits per heavy atom. The summed E-state index contributed by atoms with van der Waals surface area (Å²) in [6.45, 7) is 8.73. The van der Waals surface area contributed by atoms with Crippen LogP contribution in [0.2, 0.25) is 0 Å². The number of rotatable bonds is 13. The van der Waals surface area contributed by atoms with Crippen LogP contribution in [0.1, 0.15) is 50.9 Å². The summed E-state index contributed by atoms with van der Waals surface area (Å²) in [6.07, 6.45) is 0.126. The zero-order valence-electron chi connectivity index (χ0n) is 26.8. The number of anilines is 1. The fourth-order valence-corrected chi connectivity index (χ4v) is 6.15. The molecule has 18 nitrogen and oxygen atoms in total. The van der Waals surface area contributed by atoms with Crippen LogP contribution in [-0.4, -0.2) is 101 Å². The van der Waals surface area contributed by atoms with Crippen molar-refractivity contribution in [2.24, 2.45) is 15.9 Å². The number of fused-ring (bicyclic) bond motifs is 1. The highest BCUT2D eigenvalue weighted by Crippen LogP contribution is 2.27. The number of amides is 3. The van der Waals surface area contributed by atoms with E-state index >= 15 is 0 Å². The van der Waals surface area contributed by atoms with Crippen LogP contribution in [0.3, 0.4) is 0 Å². The molecule has 2 aliphatic heterocycles. The number of nitrogens with two attached hydrogens (primary N) is 2. The van der Waals surface area contributed by atoms with E-state index in [0.29, 0.717) is 44.3 Å². The van der Waals surface area contributed by atoms with Gasteiger partial charge in [0.2, 0.25) is 0 Å². The zero-order chi connectivity index (χ0) is 35.2. The number of ether oxygens (including phenoxy) is 2. The monoisotopic (exact) mass is 709 g/mol. The molecule has 0 aliphatic carbocycles. The molecule has 0 saturated carbocycles. The van der Waals surface area contributed by atoms with Crippen LogP contribution in [0, 0.1) is 0 Å². The second kappa shape index (κ2) is 15.0. The number of thiazole rings is 1. The van der Waals surface area contributed by atoms with E-state index in [4.69, 9.17) is 25.8 Å². The number of carbonyl (C=O) groups is 3. The molecule has 2 aliphatic rings. The number of hydrogen-bond acceptors (Lipinski definition) is 13. The molecular weight excluding hydrogens is 670 g/mol. The number of nitrogen functional groups attached to an aromatic ring is 1. The highest BCUT2D eigenvalue weighted by atomic mass is 32.2. The van der Waals surface area contributed by atoms with Crippen molar-refractivity contribution in [2.45, 2.75) is 64.9 Å². The average molecular weight is 710 g/mol. The summed E-state index contributed by atoms with van der Waals surface area (Å²) in [7, 11) is -4.76. The molecule has 20 heteroatoms. The summed E-state index contributed by atoms with van der Waals surface area (Å²) in [4.78, 5) is 52.6. The van der Waals surface area contributed by atoms with E-state index in [9.17, 15) is 27.4 Å². The van der Waals surface area contributed by atoms with Gasteiger partial charge in [-0.05, 0) is 57.4 Å². The van der Waals surface area contributed by atoms with Crippen molar-refractivity contribution in [2.75, 3.05) is 32.0 Å². The van der Waals surface area contributed by atoms with E-state index in [2.05, 4.69) is 25.8 Å². The van der Waals surface area contributed by atoms with E-state index in [-0.39, 0.29) is 34.1 Å². The van der Waals surface area contributed by atoms with Crippen molar-refractivity contribution in [3.63, 3.8) is 0 Å². The Morgan fingerprint density at radius 1 is 1.21 bits per heavy atom. The number of nitrogens with zero attached hydrogens (tertiary/aromatic N) is 5. The molecule has 0 spiro atoms. The third kappa shape index (κ3) is 9.44. The van der Waals surface area contributed by atoms with Crippen molar-refractivity contribution in [3.8, 4) is 5.75 Å². The minimum atomic E-state index is -4.76. The lowest BCUT2D eigenvalue weighted by Crippen LogP contribution is -2.71. The second-order valence-corrected chi connectivity index (χ2v) is 14.0. The van der Waals surface area contributed by atoms with Gasteiger partial charge in [-0.2, -0.15) is 8.42 Å². The van der Waals surface area contributed by atoms with Gasteiger partial charge in [0.1, 0.15) is 29.7 Å². The number of aliphatic imine (C=N–C) groups is 1. The van der Waals surface area contributed by atoms with Gasteiger partial charge < -0.3 is 41.3 Å². The molecule has 0 radical (unpaired) electrons. The SMILES string of the molecule is C[C@H]1C(NC(=O)/C(=N\OCCOc2ccc3c(c2)CN(C(N)=NCCCNC(=O)OC(C)(C)C)C3)c2csc(N)n2)C(=O)N1S(=O)(=O)O. The van der Waals surface area contributed by atoms with Crippen LogP contribution in [0.15, 0.2) is 33.7 Å². The van der Waals surface area contributed by atoms with E-state index < -0.39 is 45.9 Å². The number of carbonyl (C=O) groups excluding carboxylic acids is 3. The quantitative estimate of drug-likeness (QED) is 0.0477. The maximum Gasteiger partial charge on any atom is 0.407 e. The first-order chi connectivity index (χ1) is 22.5. The summed E-state index contributed by atoms with van der Waals surface area (Å²) in [5.74, 6) is -0.879. The van der Waals surface area contributed by atoms with Gasteiger partial charge in [0.25, 0.3) is 11.8 Å². The number of β-lactam (4-membered cyclic amide) rings is 1. The van der Waals surface area contributed by atoms with Gasteiger partial charge in [-0.15, -0.1) is 11.3 Å². The van der Waals surface area contributed by atoms with E-state index in [1.165, 1.54) is 12.3 Å². The van der Waals surface area contributed by atoms with Crippen molar-refractivity contribution in [3.05, 3.63) is 40.4 Å². The van der Waals surface area contributed by atoms with Gasteiger partial charge in [0, 0.05) is 31.6 Å². The van der Waals surface area contributed by atoms with Gasteiger partial charge in [-0.3, -0.25) is 19.1 Å². The molecule has 1 fully saturated rings. The van der Waals surface area contributed by atoms with Gasteiger partial charge in [0.05, 0.1) is 6.04 Å². The van der Waals surface area contributed by atoms with Gasteiger partial charge in [0.15, 0.2) is 23.4 Å². The minimum Gasteiger partial charge on any atom is -0.490 e. The first-order valence-electron chi connectivity index (χ1n) is 14.8. The molecule has 7 N–H and O–H groups in total. The predicted octanol–water partition coefficient (Wildman–Crippen LogP) is 0.588. The van der Waals surface area contributed by atoms with Crippen molar-refractivity contribution in [1.29, 1.82) is 0 Å². The number of hydrogen-bond donors (Lipinski definition) is 5. The van der Waals surface area contributed by atoms with Gasteiger partial charge in [-0.25, -0.2) is 14.1 Å². The van der Waals surface area contributed by atoms with Gasteiger partial charge in [-0.1, -0.05) is 11.2 Å². The van der Waals surface area contributed by atoms with Crippen LogP contribution in [-0.2, 0) is 42.6 Å². The van der Waals surface area contributed by atoms with Crippen molar-refractivity contribution < 1.29 is 41.7 Å². The minimum absolute atomic E-state index is 0.0582. The predicted molar refractivity (Wildman–Crippen MR) is 175 cm³/mol. The lowest BCUT2D eigenvalue weighted by molar-refractivity contribution is -0.143. The average Bonchev–Trinajstić information content (AvgIpc) is 3.61. The zero-order valence-corrected chi connectivity index (χ0v) is 28.5. The first kappa shape index (κ1) is 36.2. The lowest BCUT2D eigenvalue weighted by Gasteiger charge is -2.42. The molecule has 1 saturated heterocycles. The maximum absolute atomic E-state index is 13.0. The maximum atomic E-state index is 13.0. The molecular formula is C28H39N9O9S2. The molecule has 3 amide bonds. The molecule has 0 bridgehead atoms. The Labute approximate surface area is 281 Å². The lowest BCUT2D eigenvalue weighted by atomic mass is 10.0. The van der Waals surface area contributed by atoms with E-state index in [0.717, 1.165) is 22.5 Å². The topological polar surface area (TPSA) is 253 Å². The number of benzene rings is 1. The van der Waals surface area contributed by atoms with E-state index in [1.54, 1.807) is 20.8 Å². The van der Waals surface area contributed by atoms with Crippen LogP contribution in [0.25, 0.3) is 0 Å². The molecule has 1 aromatic heterocycles. The molecule has 262 valence electrons. The molecule has 48 heavy (non-hydrogen) atoms. The molecule has 3 heterocycles. The first-order valence-corrected chi connectivity index (χ1v) is 17.1. The van der Waals surface area contributed by atoms with Crippen LogP contribution in [0.5, 0.6) is 5.75 Å². The highest BCUT2D eigenvalue weighted by molar-refractivity contribution is 7.84. The largest absolute Gasteiger partial charge is 0.490 e. The Balaban J connectivity index is 1.24. The summed E-state index contributed by atoms with van der Waals surface area (Å²) in [5.41, 5.74) is 13.2. The Hall–Kier alpha value is -4.69. The number of guanidine groups is 1. The number of aromatic nitrogens is 1. The third-order valence-corrected chi connectivity index (χ3v) is 8.63. The molecule has 2 atom stereocenters. The summed E-state index contributed by atoms with van der Waals surface area (Å²) in [5, 5.41) is 10.6. The second-order valence-electron chi connectivity index (χ2n) is 11.8. The Kier molecular flexibility index (Phi) is 11.3. The molecule has 1 unspecified atom stereocenters. The Bertz CT molecular complexity index is 1690. The van der Waals surface area contributed by atoms with Crippen LogP contribution in [0.4, 0.5) is 9.93 Å². The number of nitrogens with one attached hydrogen (secondary N) is 2. The number of oxime groups is 1.